The number of nitrogens with zero attached hydrogens (tertiary/aromatic N) is 1. The Kier molecular flexibility index (Phi) is 7.58. The molecule has 6 heteroatoms. The maximum Gasteiger partial charge on any atom is 0.337 e. The maximum absolute atomic E-state index is 12.6. The molecule has 0 aromatic heterocycles. The van der Waals surface area contributed by atoms with Gasteiger partial charge < -0.3 is 19.9 Å². The van der Waals surface area contributed by atoms with Crippen LogP contribution in [0.5, 0.6) is 0 Å². The minimum atomic E-state index is -0.419. The maximum atomic E-state index is 12.6. The number of aryl methyl sites for hydroxylation is 1. The molecule has 6 nitrogen and oxygen atoms in total. The summed E-state index contributed by atoms with van der Waals surface area (Å²) in [5.74, 6) is -0.496. The van der Waals surface area contributed by atoms with Crippen LogP contribution in [0, 0.1) is 6.92 Å². The molecule has 0 bridgehead atoms. The average molecular weight is 385 g/mol. The highest BCUT2D eigenvalue weighted by Gasteiger charge is 2.15. The van der Waals surface area contributed by atoms with Crippen LogP contribution >= 0.6 is 0 Å². The normalized spacial score (nSPS) is 11.6. The molecular weight excluding hydrogens is 354 g/mol. The molecule has 2 rings (SSSR count). The van der Waals surface area contributed by atoms with E-state index in [1.165, 1.54) is 12.7 Å². The molecule has 0 saturated heterocycles. The first-order chi connectivity index (χ1) is 13.3. The van der Waals surface area contributed by atoms with Crippen LogP contribution < -0.4 is 15.1 Å². The van der Waals surface area contributed by atoms with E-state index in [0.29, 0.717) is 17.8 Å². The molecule has 2 aromatic carbocycles. The van der Waals surface area contributed by atoms with Gasteiger partial charge in [-0.1, -0.05) is 18.2 Å². The molecule has 1 unspecified atom stereocenters. The van der Waals surface area contributed by atoms with Crippen molar-refractivity contribution >= 4 is 23.3 Å². The zero-order chi connectivity index (χ0) is 20.7. The van der Waals surface area contributed by atoms with Crippen LogP contribution in [0.3, 0.4) is 0 Å². The van der Waals surface area contributed by atoms with Crippen LogP contribution in [-0.4, -0.2) is 46.2 Å². The number of hydrogen-bond acceptors (Lipinski definition) is 4. The molecular formula is C22H30N3O3+. The molecule has 0 aliphatic heterocycles. The van der Waals surface area contributed by atoms with Gasteiger partial charge in [0.25, 0.3) is 5.91 Å². The largest absolute Gasteiger partial charge is 0.465 e. The van der Waals surface area contributed by atoms with Crippen molar-refractivity contribution in [3.8, 4) is 0 Å². The molecule has 0 aliphatic carbocycles. The van der Waals surface area contributed by atoms with E-state index >= 15 is 0 Å². The summed E-state index contributed by atoms with van der Waals surface area (Å²) >= 11 is 0. The Labute approximate surface area is 167 Å². The SMILES string of the molecule is CC[NH+](CC(=O)Nc1cc(C(=O)OC)ccc1C)Cc1ccc(N(C)C)cc1. The molecule has 0 radical (unpaired) electrons. The Bertz CT molecular complexity index is 816. The van der Waals surface area contributed by atoms with Gasteiger partial charge in [-0.3, -0.25) is 4.79 Å². The summed E-state index contributed by atoms with van der Waals surface area (Å²) < 4.78 is 4.75. The van der Waals surface area contributed by atoms with Crippen LogP contribution in [-0.2, 0) is 16.1 Å². The number of rotatable bonds is 8. The highest BCUT2D eigenvalue weighted by atomic mass is 16.5. The number of hydrogen-bond donors (Lipinski definition) is 2. The van der Waals surface area contributed by atoms with Gasteiger partial charge in [0, 0.05) is 31.0 Å². The summed E-state index contributed by atoms with van der Waals surface area (Å²) in [5.41, 5.74) is 4.31. The van der Waals surface area contributed by atoms with Gasteiger partial charge in [-0.15, -0.1) is 0 Å². The predicted octanol–water partition coefficient (Wildman–Crippen LogP) is 1.89. The topological polar surface area (TPSA) is 63.1 Å². The number of esters is 1. The highest BCUT2D eigenvalue weighted by molar-refractivity contribution is 5.95. The summed E-state index contributed by atoms with van der Waals surface area (Å²) in [7, 11) is 5.37. The molecule has 0 aliphatic rings. The number of methoxy groups -OCH3 is 1. The van der Waals surface area contributed by atoms with Crippen molar-refractivity contribution in [3.63, 3.8) is 0 Å². The predicted molar refractivity (Wildman–Crippen MR) is 112 cm³/mol. The first-order valence-corrected chi connectivity index (χ1v) is 9.42. The van der Waals surface area contributed by atoms with Crippen molar-refractivity contribution < 1.29 is 19.2 Å². The van der Waals surface area contributed by atoms with E-state index in [9.17, 15) is 9.59 Å². The summed E-state index contributed by atoms with van der Waals surface area (Å²) in [6, 6.07) is 13.5. The smallest absolute Gasteiger partial charge is 0.337 e. The number of benzene rings is 2. The second-order valence-corrected chi connectivity index (χ2v) is 7.09. The Morgan fingerprint density at radius 1 is 1.11 bits per heavy atom. The zero-order valence-electron chi connectivity index (χ0n) is 17.3. The van der Waals surface area contributed by atoms with E-state index < -0.39 is 5.97 Å². The van der Waals surface area contributed by atoms with E-state index in [-0.39, 0.29) is 5.91 Å². The number of anilines is 2. The lowest BCUT2D eigenvalue weighted by molar-refractivity contribution is -0.903. The van der Waals surface area contributed by atoms with E-state index in [1.54, 1.807) is 18.2 Å². The minimum absolute atomic E-state index is 0.0770. The number of nitrogens with one attached hydrogen (secondary N) is 2. The van der Waals surface area contributed by atoms with Gasteiger partial charge in [-0.25, -0.2) is 4.79 Å². The van der Waals surface area contributed by atoms with Gasteiger partial charge in [0.05, 0.1) is 19.2 Å². The Hall–Kier alpha value is -2.86. The van der Waals surface area contributed by atoms with Gasteiger partial charge in [0.15, 0.2) is 6.54 Å². The molecule has 1 atom stereocenters. The van der Waals surface area contributed by atoms with E-state index in [4.69, 9.17) is 4.74 Å². The van der Waals surface area contributed by atoms with E-state index in [0.717, 1.165) is 29.2 Å². The molecule has 150 valence electrons. The fourth-order valence-corrected chi connectivity index (χ4v) is 2.94. The first kappa shape index (κ1) is 21.4. The van der Waals surface area contributed by atoms with Crippen molar-refractivity contribution in [2.24, 2.45) is 0 Å². The fraction of sp³-hybridized carbons (Fsp3) is 0.364. The number of likely N-dealkylation sites (N-methyl/N-ethyl adjacent to an activating group) is 1. The third-order valence-electron chi connectivity index (χ3n) is 4.75. The molecule has 0 heterocycles. The highest BCUT2D eigenvalue weighted by Crippen LogP contribution is 2.17. The molecule has 2 aromatic rings. The van der Waals surface area contributed by atoms with Gasteiger partial charge >= 0.3 is 5.97 Å². The fourth-order valence-electron chi connectivity index (χ4n) is 2.94. The standard InChI is InChI=1S/C22H29N3O3/c1-6-25(14-17-8-11-19(12-9-17)24(3)4)15-21(26)23-20-13-18(22(27)28-5)10-7-16(20)2/h7-13H,6,14-15H2,1-5H3,(H,23,26)/p+1. The number of carbonyl (C=O) groups is 2. The summed E-state index contributed by atoms with van der Waals surface area (Å²) in [5, 5.41) is 2.93. The zero-order valence-corrected chi connectivity index (χ0v) is 17.3. The van der Waals surface area contributed by atoms with Gasteiger partial charge in [-0.2, -0.15) is 0 Å². The Morgan fingerprint density at radius 2 is 1.79 bits per heavy atom. The van der Waals surface area contributed by atoms with Gasteiger partial charge in [-0.05, 0) is 43.7 Å². The number of carbonyl (C=O) groups excluding carboxylic acids is 2. The van der Waals surface area contributed by atoms with Crippen molar-refractivity contribution in [3.05, 3.63) is 59.2 Å². The van der Waals surface area contributed by atoms with E-state index in [2.05, 4.69) is 41.4 Å². The van der Waals surface area contributed by atoms with Crippen molar-refractivity contribution in [1.29, 1.82) is 0 Å². The molecule has 0 saturated carbocycles. The lowest BCUT2D eigenvalue weighted by atomic mass is 10.1. The second-order valence-electron chi connectivity index (χ2n) is 7.09. The monoisotopic (exact) mass is 384 g/mol. The molecule has 28 heavy (non-hydrogen) atoms. The van der Waals surface area contributed by atoms with Crippen molar-refractivity contribution in [2.45, 2.75) is 20.4 Å². The molecule has 2 N–H and O–H groups in total. The van der Waals surface area contributed by atoms with Crippen LogP contribution in [0.4, 0.5) is 11.4 Å². The third-order valence-corrected chi connectivity index (χ3v) is 4.75. The van der Waals surface area contributed by atoms with Crippen LogP contribution in [0.1, 0.15) is 28.4 Å². The van der Waals surface area contributed by atoms with Crippen molar-refractivity contribution in [2.75, 3.05) is 44.5 Å². The lowest BCUT2D eigenvalue weighted by Gasteiger charge is -2.19. The Balaban J connectivity index is 2.01. The first-order valence-electron chi connectivity index (χ1n) is 9.42. The molecule has 0 spiro atoms. The lowest BCUT2D eigenvalue weighted by Crippen LogP contribution is -3.11. The third kappa shape index (κ3) is 5.82. The van der Waals surface area contributed by atoms with Crippen LogP contribution in [0.15, 0.2) is 42.5 Å². The number of quaternary nitrogens is 1. The Morgan fingerprint density at radius 3 is 2.36 bits per heavy atom. The quantitative estimate of drug-likeness (QED) is 0.683. The summed E-state index contributed by atoms with van der Waals surface area (Å²) in [6.45, 7) is 5.93. The number of ether oxygens (including phenoxy) is 1. The average Bonchev–Trinajstić information content (AvgIpc) is 2.68. The van der Waals surface area contributed by atoms with E-state index in [1.807, 2.05) is 21.0 Å². The van der Waals surface area contributed by atoms with Crippen LogP contribution in [0.25, 0.3) is 0 Å². The molecule has 0 fully saturated rings. The number of amides is 1. The summed E-state index contributed by atoms with van der Waals surface area (Å²) in [4.78, 5) is 27.5. The molecule has 1 amide bonds. The minimum Gasteiger partial charge on any atom is -0.465 e. The van der Waals surface area contributed by atoms with Crippen LogP contribution in [0.2, 0.25) is 0 Å². The van der Waals surface area contributed by atoms with Crippen molar-refractivity contribution in [1.82, 2.24) is 0 Å². The van der Waals surface area contributed by atoms with Gasteiger partial charge in [0.2, 0.25) is 0 Å². The summed E-state index contributed by atoms with van der Waals surface area (Å²) in [6.07, 6.45) is 0. The second kappa shape index (κ2) is 9.90. The van der Waals surface area contributed by atoms with Gasteiger partial charge in [0.1, 0.15) is 6.54 Å².